The fourth-order valence-electron chi connectivity index (χ4n) is 5.32. The van der Waals surface area contributed by atoms with E-state index in [-0.39, 0.29) is 0 Å². The van der Waals surface area contributed by atoms with Crippen LogP contribution in [0.4, 0.5) is 0 Å². The van der Waals surface area contributed by atoms with E-state index in [2.05, 4.69) is 58.3 Å². The molecular formula is C21H25N5S. The van der Waals surface area contributed by atoms with Gasteiger partial charge in [0.15, 0.2) is 5.50 Å². The first kappa shape index (κ1) is 16.1. The topological polar surface area (TPSA) is 45.1 Å². The molecule has 3 aliphatic heterocycles. The lowest BCUT2D eigenvalue weighted by atomic mass is 10.0. The second-order valence-corrected chi connectivity index (χ2v) is 9.64. The van der Waals surface area contributed by atoms with Crippen LogP contribution in [-0.2, 0) is 7.05 Å². The molecule has 1 aliphatic carbocycles. The van der Waals surface area contributed by atoms with Gasteiger partial charge in [0.2, 0.25) is 0 Å². The summed E-state index contributed by atoms with van der Waals surface area (Å²) in [7, 11) is 1.99. The summed E-state index contributed by atoms with van der Waals surface area (Å²) in [6.07, 6.45) is 9.46. The Kier molecular flexibility index (Phi) is 3.44. The minimum atomic E-state index is 0.318. The summed E-state index contributed by atoms with van der Waals surface area (Å²) in [5, 5.41) is 13.1. The molecule has 1 aromatic carbocycles. The van der Waals surface area contributed by atoms with Crippen LogP contribution in [0.25, 0.3) is 15.8 Å². The van der Waals surface area contributed by atoms with Crippen molar-refractivity contribution in [3.63, 3.8) is 0 Å². The highest BCUT2D eigenvalue weighted by Crippen LogP contribution is 2.46. The maximum atomic E-state index is 4.57. The summed E-state index contributed by atoms with van der Waals surface area (Å²) in [4.78, 5) is 3.70. The number of aromatic nitrogens is 2. The Morgan fingerprint density at radius 1 is 1.15 bits per heavy atom. The molecule has 27 heavy (non-hydrogen) atoms. The number of nitrogens with one attached hydrogen (secondary N) is 2. The summed E-state index contributed by atoms with van der Waals surface area (Å²) in [6, 6.07) is 4.54. The molecule has 6 heteroatoms. The third kappa shape index (κ3) is 2.53. The first-order valence-corrected chi connectivity index (χ1v) is 10.8. The number of aryl methyl sites for hydroxylation is 2. The Morgan fingerprint density at radius 3 is 2.74 bits per heavy atom. The SMILES string of the molecule is Cc1cc(C2=CN3C=C(C4CC5CNCC5C4)NC3S2)cc2cn(C)nc12. The van der Waals surface area contributed by atoms with Gasteiger partial charge >= 0.3 is 0 Å². The molecule has 3 unspecified atom stereocenters. The van der Waals surface area contributed by atoms with Crippen LogP contribution < -0.4 is 10.6 Å². The number of thioether (sulfide) groups is 1. The normalized spacial score (nSPS) is 31.9. The number of benzene rings is 1. The van der Waals surface area contributed by atoms with Gasteiger partial charge in [-0.1, -0.05) is 11.8 Å². The molecule has 1 saturated heterocycles. The van der Waals surface area contributed by atoms with Crippen molar-refractivity contribution in [2.45, 2.75) is 25.3 Å². The molecule has 0 bridgehead atoms. The zero-order chi connectivity index (χ0) is 18.1. The van der Waals surface area contributed by atoms with E-state index in [0.29, 0.717) is 5.50 Å². The van der Waals surface area contributed by atoms with Crippen molar-refractivity contribution in [3.05, 3.63) is 47.6 Å². The zero-order valence-electron chi connectivity index (χ0n) is 15.8. The van der Waals surface area contributed by atoms with Gasteiger partial charge in [-0.3, -0.25) is 4.68 Å². The quantitative estimate of drug-likeness (QED) is 0.839. The van der Waals surface area contributed by atoms with Gasteiger partial charge in [0.25, 0.3) is 0 Å². The van der Waals surface area contributed by atoms with E-state index in [0.717, 1.165) is 23.3 Å². The van der Waals surface area contributed by atoms with Crippen LogP contribution >= 0.6 is 11.8 Å². The maximum absolute atomic E-state index is 4.57. The Bertz CT molecular complexity index is 978. The van der Waals surface area contributed by atoms with Gasteiger partial charge < -0.3 is 15.5 Å². The van der Waals surface area contributed by atoms with Crippen molar-refractivity contribution in [3.8, 4) is 0 Å². The number of fused-ring (bicyclic) bond motifs is 3. The van der Waals surface area contributed by atoms with E-state index in [9.17, 15) is 0 Å². The highest BCUT2D eigenvalue weighted by Gasteiger charge is 2.41. The minimum Gasteiger partial charge on any atom is -0.358 e. The van der Waals surface area contributed by atoms with E-state index in [4.69, 9.17) is 0 Å². The van der Waals surface area contributed by atoms with E-state index < -0.39 is 0 Å². The van der Waals surface area contributed by atoms with Gasteiger partial charge in [-0.2, -0.15) is 5.10 Å². The number of hydrogen-bond donors (Lipinski definition) is 2. The zero-order valence-corrected chi connectivity index (χ0v) is 16.6. The van der Waals surface area contributed by atoms with Crippen molar-refractivity contribution >= 4 is 27.6 Å². The standard InChI is InChI=1S/C21H25N5S/c1-12-3-14(6-17-9-25(2)24-20(12)17)19-11-26-10-18(23-21(26)27-19)13-4-15-7-22-8-16(15)5-13/h3,6,9-11,13,15-16,21-23H,4-5,7-8H2,1-2H3. The lowest BCUT2D eigenvalue weighted by Crippen LogP contribution is -2.28. The summed E-state index contributed by atoms with van der Waals surface area (Å²) in [6.45, 7) is 4.59. The van der Waals surface area contributed by atoms with E-state index in [1.54, 1.807) is 0 Å². The Morgan fingerprint density at radius 2 is 1.96 bits per heavy atom. The summed E-state index contributed by atoms with van der Waals surface area (Å²) in [5.74, 6) is 2.50. The van der Waals surface area contributed by atoms with Crippen molar-refractivity contribution < 1.29 is 0 Å². The van der Waals surface area contributed by atoms with Crippen molar-refractivity contribution in [1.82, 2.24) is 25.3 Å². The predicted octanol–water partition coefficient (Wildman–Crippen LogP) is 3.20. The molecule has 4 aliphatic rings. The van der Waals surface area contributed by atoms with Gasteiger partial charge in [-0.15, -0.1) is 0 Å². The van der Waals surface area contributed by atoms with Gasteiger partial charge in [0.05, 0.1) is 5.52 Å². The van der Waals surface area contributed by atoms with Crippen molar-refractivity contribution in [2.75, 3.05) is 13.1 Å². The third-order valence-electron chi connectivity index (χ3n) is 6.65. The monoisotopic (exact) mass is 379 g/mol. The summed E-state index contributed by atoms with van der Waals surface area (Å²) in [5.41, 5.74) is 5.42. The van der Waals surface area contributed by atoms with E-state index in [1.807, 2.05) is 23.5 Å². The molecule has 2 N–H and O–H groups in total. The molecule has 1 saturated carbocycles. The minimum absolute atomic E-state index is 0.318. The number of hydrogen-bond acceptors (Lipinski definition) is 5. The average molecular weight is 380 g/mol. The third-order valence-corrected chi connectivity index (χ3v) is 7.83. The van der Waals surface area contributed by atoms with Crippen LogP contribution in [0.5, 0.6) is 0 Å². The number of nitrogens with zero attached hydrogens (tertiary/aromatic N) is 3. The van der Waals surface area contributed by atoms with E-state index >= 15 is 0 Å². The molecule has 2 aromatic rings. The van der Waals surface area contributed by atoms with Crippen LogP contribution in [-0.4, -0.2) is 33.3 Å². The van der Waals surface area contributed by atoms with Crippen LogP contribution in [0, 0.1) is 24.7 Å². The van der Waals surface area contributed by atoms with Crippen molar-refractivity contribution in [2.24, 2.45) is 24.8 Å². The van der Waals surface area contributed by atoms with Crippen LogP contribution in [0.3, 0.4) is 0 Å². The second-order valence-electron chi connectivity index (χ2n) is 8.52. The smallest absolute Gasteiger partial charge is 0.156 e. The molecule has 4 heterocycles. The van der Waals surface area contributed by atoms with Crippen LogP contribution in [0.1, 0.15) is 24.0 Å². The summed E-state index contributed by atoms with van der Waals surface area (Å²) >= 11 is 1.93. The fraction of sp³-hybridized carbons (Fsp3) is 0.476. The summed E-state index contributed by atoms with van der Waals surface area (Å²) < 4.78 is 1.90. The molecule has 0 spiro atoms. The van der Waals surface area contributed by atoms with E-state index in [1.165, 1.54) is 53.0 Å². The van der Waals surface area contributed by atoms with Crippen LogP contribution in [0.15, 0.2) is 36.4 Å². The largest absolute Gasteiger partial charge is 0.358 e. The molecule has 6 rings (SSSR count). The lowest BCUT2D eigenvalue weighted by molar-refractivity contribution is 0.477. The molecular weight excluding hydrogens is 354 g/mol. The maximum Gasteiger partial charge on any atom is 0.156 e. The fourth-order valence-corrected chi connectivity index (χ4v) is 6.44. The van der Waals surface area contributed by atoms with Crippen molar-refractivity contribution in [1.29, 1.82) is 0 Å². The molecule has 0 amide bonds. The van der Waals surface area contributed by atoms with Gasteiger partial charge in [0, 0.05) is 47.6 Å². The first-order chi connectivity index (χ1) is 13.1. The molecule has 2 fully saturated rings. The van der Waals surface area contributed by atoms with Crippen LogP contribution in [0.2, 0.25) is 0 Å². The molecule has 0 radical (unpaired) electrons. The predicted molar refractivity (Wildman–Crippen MR) is 110 cm³/mol. The van der Waals surface area contributed by atoms with Gasteiger partial charge in [-0.25, -0.2) is 0 Å². The molecule has 3 atom stereocenters. The number of rotatable bonds is 2. The highest BCUT2D eigenvalue weighted by atomic mass is 32.2. The number of allylic oxidation sites excluding steroid dienone is 1. The Balaban J connectivity index is 1.25. The molecule has 1 aromatic heterocycles. The lowest BCUT2D eigenvalue weighted by Gasteiger charge is -2.17. The second kappa shape index (κ2) is 5.79. The highest BCUT2D eigenvalue weighted by molar-refractivity contribution is 8.09. The Labute approximate surface area is 163 Å². The molecule has 140 valence electrons. The Hall–Kier alpha value is -1.92. The first-order valence-electron chi connectivity index (χ1n) is 9.93. The van der Waals surface area contributed by atoms with Gasteiger partial charge in [-0.05, 0) is 68.0 Å². The molecule has 5 nitrogen and oxygen atoms in total. The van der Waals surface area contributed by atoms with Gasteiger partial charge in [0.1, 0.15) is 0 Å². The average Bonchev–Trinajstić information content (AvgIpc) is 3.38.